The predicted molar refractivity (Wildman–Crippen MR) is 71.1 cm³/mol. The number of aliphatic carboxylic acids is 1. The number of nitrogens with two attached hydrogens (primary N) is 1. The molecule has 19 heavy (non-hydrogen) atoms. The van der Waals surface area contributed by atoms with Crippen molar-refractivity contribution in [1.82, 2.24) is 5.32 Å². The number of benzene rings is 1. The van der Waals surface area contributed by atoms with Gasteiger partial charge in [-0.05, 0) is 12.0 Å². The van der Waals surface area contributed by atoms with Gasteiger partial charge in [-0.1, -0.05) is 30.3 Å². The summed E-state index contributed by atoms with van der Waals surface area (Å²) >= 11 is 0. The van der Waals surface area contributed by atoms with Crippen LogP contribution in [0.2, 0.25) is 0 Å². The number of carbonyl (C=O) groups is 2. The van der Waals surface area contributed by atoms with Crippen molar-refractivity contribution in [2.75, 3.05) is 0 Å². The zero-order chi connectivity index (χ0) is 14.3. The standard InChI is InChI=1S/C14H16N2O3/c1-2-6-12(14(18)19)16-13(17)11(15)9-10-7-4-3-5-8-10/h1,3-5,7-8,11-12H,6,9,15H2,(H,16,17)(H,18,19)/t11-,12?/m1/s1. The van der Waals surface area contributed by atoms with Crippen LogP contribution in [-0.2, 0) is 16.0 Å². The highest BCUT2D eigenvalue weighted by atomic mass is 16.4. The normalized spacial score (nSPS) is 13.1. The van der Waals surface area contributed by atoms with Crippen molar-refractivity contribution in [1.29, 1.82) is 0 Å². The van der Waals surface area contributed by atoms with E-state index in [1.165, 1.54) is 0 Å². The van der Waals surface area contributed by atoms with Gasteiger partial charge in [0.05, 0.1) is 6.04 Å². The number of hydrogen-bond donors (Lipinski definition) is 3. The molecule has 0 aliphatic heterocycles. The molecule has 0 spiro atoms. The molecule has 1 amide bonds. The highest BCUT2D eigenvalue weighted by Crippen LogP contribution is 2.02. The fourth-order valence-corrected chi connectivity index (χ4v) is 1.56. The van der Waals surface area contributed by atoms with E-state index in [0.29, 0.717) is 6.42 Å². The van der Waals surface area contributed by atoms with Crippen molar-refractivity contribution in [3.8, 4) is 12.3 Å². The molecule has 5 heteroatoms. The Labute approximate surface area is 111 Å². The summed E-state index contributed by atoms with van der Waals surface area (Å²) in [6.45, 7) is 0. The van der Waals surface area contributed by atoms with Crippen LogP contribution in [0.3, 0.4) is 0 Å². The molecular formula is C14H16N2O3. The van der Waals surface area contributed by atoms with Crippen molar-refractivity contribution in [2.45, 2.75) is 24.9 Å². The van der Waals surface area contributed by atoms with Crippen LogP contribution >= 0.6 is 0 Å². The third kappa shape index (κ3) is 4.82. The van der Waals surface area contributed by atoms with Gasteiger partial charge in [0.25, 0.3) is 0 Å². The Balaban J connectivity index is 2.57. The number of nitrogens with one attached hydrogen (secondary N) is 1. The van der Waals surface area contributed by atoms with Crippen LogP contribution in [-0.4, -0.2) is 29.1 Å². The minimum absolute atomic E-state index is 0.0703. The van der Waals surface area contributed by atoms with E-state index in [0.717, 1.165) is 5.56 Å². The first-order valence-corrected chi connectivity index (χ1v) is 5.80. The van der Waals surface area contributed by atoms with Crippen molar-refractivity contribution < 1.29 is 14.7 Å². The second-order valence-electron chi connectivity index (χ2n) is 4.10. The van der Waals surface area contributed by atoms with Gasteiger partial charge in [-0.3, -0.25) is 4.79 Å². The second kappa shape index (κ2) is 7.19. The fraction of sp³-hybridized carbons (Fsp3) is 0.286. The highest BCUT2D eigenvalue weighted by molar-refractivity contribution is 5.87. The molecule has 0 fully saturated rings. The van der Waals surface area contributed by atoms with Crippen LogP contribution < -0.4 is 11.1 Å². The molecule has 4 N–H and O–H groups in total. The second-order valence-corrected chi connectivity index (χ2v) is 4.10. The number of terminal acetylenes is 1. The Morgan fingerprint density at radius 1 is 1.37 bits per heavy atom. The molecule has 0 radical (unpaired) electrons. The molecule has 0 saturated carbocycles. The van der Waals surface area contributed by atoms with Gasteiger partial charge in [-0.25, -0.2) is 4.79 Å². The molecular weight excluding hydrogens is 244 g/mol. The lowest BCUT2D eigenvalue weighted by Crippen LogP contribution is -2.49. The van der Waals surface area contributed by atoms with E-state index in [4.69, 9.17) is 17.3 Å². The van der Waals surface area contributed by atoms with E-state index in [-0.39, 0.29) is 6.42 Å². The molecule has 1 aromatic rings. The lowest BCUT2D eigenvalue weighted by molar-refractivity contribution is -0.141. The van der Waals surface area contributed by atoms with Crippen molar-refractivity contribution in [3.05, 3.63) is 35.9 Å². The Hall–Kier alpha value is -2.32. The average Bonchev–Trinajstić information content (AvgIpc) is 2.39. The zero-order valence-corrected chi connectivity index (χ0v) is 10.4. The third-order valence-electron chi connectivity index (χ3n) is 2.57. The van der Waals surface area contributed by atoms with E-state index in [1.807, 2.05) is 30.3 Å². The molecule has 0 saturated heterocycles. The van der Waals surface area contributed by atoms with Crippen molar-refractivity contribution >= 4 is 11.9 Å². The molecule has 5 nitrogen and oxygen atoms in total. The molecule has 0 aromatic heterocycles. The Bertz CT molecular complexity index is 479. The predicted octanol–water partition coefficient (Wildman–Crippen LogP) is 0.149. The summed E-state index contributed by atoms with van der Waals surface area (Å²) in [4.78, 5) is 22.6. The summed E-state index contributed by atoms with van der Waals surface area (Å²) < 4.78 is 0. The van der Waals surface area contributed by atoms with E-state index in [9.17, 15) is 9.59 Å². The summed E-state index contributed by atoms with van der Waals surface area (Å²) in [6.07, 6.45) is 5.32. The van der Waals surface area contributed by atoms with Crippen LogP contribution in [0, 0.1) is 12.3 Å². The maximum absolute atomic E-state index is 11.8. The number of amides is 1. The van der Waals surface area contributed by atoms with Gasteiger partial charge < -0.3 is 16.2 Å². The quantitative estimate of drug-likeness (QED) is 0.635. The first-order valence-electron chi connectivity index (χ1n) is 5.80. The van der Waals surface area contributed by atoms with E-state index < -0.39 is 24.0 Å². The first kappa shape index (κ1) is 14.7. The molecule has 0 bridgehead atoms. The number of rotatable bonds is 6. The molecule has 1 aromatic carbocycles. The van der Waals surface area contributed by atoms with Crippen LogP contribution in [0.1, 0.15) is 12.0 Å². The topological polar surface area (TPSA) is 92.4 Å². The number of carboxylic acids is 1. The van der Waals surface area contributed by atoms with E-state index >= 15 is 0 Å². The van der Waals surface area contributed by atoms with Crippen LogP contribution in [0.15, 0.2) is 30.3 Å². The number of hydrogen-bond acceptors (Lipinski definition) is 3. The Kier molecular flexibility index (Phi) is 5.58. The van der Waals surface area contributed by atoms with Gasteiger partial charge in [-0.15, -0.1) is 12.3 Å². The maximum atomic E-state index is 11.8. The summed E-state index contributed by atoms with van der Waals surface area (Å²) in [7, 11) is 0. The summed E-state index contributed by atoms with van der Waals surface area (Å²) in [5, 5.41) is 11.2. The van der Waals surface area contributed by atoms with Gasteiger partial charge in [-0.2, -0.15) is 0 Å². The van der Waals surface area contributed by atoms with Crippen molar-refractivity contribution in [2.24, 2.45) is 5.73 Å². The van der Waals surface area contributed by atoms with Gasteiger partial charge in [0.15, 0.2) is 0 Å². The van der Waals surface area contributed by atoms with Crippen LogP contribution in [0.5, 0.6) is 0 Å². The molecule has 1 rings (SSSR count). The lowest BCUT2D eigenvalue weighted by atomic mass is 10.1. The molecule has 0 heterocycles. The lowest BCUT2D eigenvalue weighted by Gasteiger charge is -2.16. The average molecular weight is 260 g/mol. The monoisotopic (exact) mass is 260 g/mol. The molecule has 1 unspecified atom stereocenters. The molecule has 0 aliphatic rings. The fourth-order valence-electron chi connectivity index (χ4n) is 1.56. The van der Waals surface area contributed by atoms with E-state index in [1.54, 1.807) is 0 Å². The smallest absolute Gasteiger partial charge is 0.327 e. The van der Waals surface area contributed by atoms with Crippen LogP contribution in [0.25, 0.3) is 0 Å². The largest absolute Gasteiger partial charge is 0.480 e. The first-order chi connectivity index (χ1) is 9.04. The van der Waals surface area contributed by atoms with Gasteiger partial charge >= 0.3 is 5.97 Å². The SMILES string of the molecule is C#CCC(NC(=O)[C@H](N)Cc1ccccc1)C(=O)O. The Morgan fingerprint density at radius 3 is 2.53 bits per heavy atom. The third-order valence-corrected chi connectivity index (χ3v) is 2.57. The van der Waals surface area contributed by atoms with Crippen molar-refractivity contribution in [3.63, 3.8) is 0 Å². The minimum Gasteiger partial charge on any atom is -0.480 e. The summed E-state index contributed by atoms with van der Waals surface area (Å²) in [5.74, 6) is 0.517. The zero-order valence-electron chi connectivity index (χ0n) is 10.4. The number of carboxylic acid groups (broad SMARTS) is 1. The highest BCUT2D eigenvalue weighted by Gasteiger charge is 2.22. The summed E-state index contributed by atoms with van der Waals surface area (Å²) in [6, 6.07) is 7.35. The molecule has 100 valence electrons. The maximum Gasteiger partial charge on any atom is 0.327 e. The number of carbonyl (C=O) groups excluding carboxylic acids is 1. The van der Waals surface area contributed by atoms with Gasteiger partial charge in [0.2, 0.25) is 5.91 Å². The molecule has 0 aliphatic carbocycles. The molecule has 2 atom stereocenters. The van der Waals surface area contributed by atoms with Gasteiger partial charge in [0.1, 0.15) is 6.04 Å². The summed E-state index contributed by atoms with van der Waals surface area (Å²) in [5.41, 5.74) is 6.65. The van der Waals surface area contributed by atoms with E-state index in [2.05, 4.69) is 11.2 Å². The van der Waals surface area contributed by atoms with Gasteiger partial charge in [0, 0.05) is 6.42 Å². The Morgan fingerprint density at radius 2 is 2.00 bits per heavy atom. The van der Waals surface area contributed by atoms with Crippen LogP contribution in [0.4, 0.5) is 0 Å². The minimum atomic E-state index is -1.17.